The average molecular weight is 239 g/mol. The molecule has 0 aliphatic heterocycles. The number of hydrogen-bond acceptors (Lipinski definition) is 1. The van der Waals surface area contributed by atoms with Crippen molar-refractivity contribution in [2.75, 3.05) is 0 Å². The molecular formula is C17H21N. The Hall–Kier alpha value is -1.63. The van der Waals surface area contributed by atoms with E-state index in [0.29, 0.717) is 5.92 Å². The number of benzene rings is 1. The summed E-state index contributed by atoms with van der Waals surface area (Å²) in [6.45, 7) is 2.25. The van der Waals surface area contributed by atoms with Gasteiger partial charge in [-0.1, -0.05) is 43.3 Å². The molecule has 1 heteroatoms. The van der Waals surface area contributed by atoms with Crippen molar-refractivity contribution in [3.05, 3.63) is 66.0 Å². The van der Waals surface area contributed by atoms with E-state index < -0.39 is 0 Å². The van der Waals surface area contributed by atoms with E-state index in [1.54, 1.807) is 0 Å². The van der Waals surface area contributed by atoms with Crippen LogP contribution in [-0.2, 0) is 6.42 Å². The second-order valence-electron chi connectivity index (χ2n) is 4.74. The maximum absolute atomic E-state index is 4.48. The molecule has 1 atom stereocenters. The largest absolute Gasteiger partial charge is 0.261 e. The standard InChI is InChI=1S/C17H21N/c1-2-16(17-13-6-7-14-18-17)12-8-11-15-9-4-3-5-10-15/h3-7,9-10,13-14,16H,2,8,11-12H2,1H3. The predicted molar refractivity (Wildman–Crippen MR) is 76.6 cm³/mol. The summed E-state index contributed by atoms with van der Waals surface area (Å²) in [5.74, 6) is 0.606. The number of rotatable bonds is 6. The third kappa shape index (κ3) is 3.69. The number of nitrogens with zero attached hydrogens (tertiary/aromatic N) is 1. The first-order valence-electron chi connectivity index (χ1n) is 6.85. The van der Waals surface area contributed by atoms with Gasteiger partial charge in [-0.05, 0) is 43.4 Å². The van der Waals surface area contributed by atoms with E-state index in [4.69, 9.17) is 0 Å². The lowest BCUT2D eigenvalue weighted by atomic mass is 9.94. The van der Waals surface area contributed by atoms with Crippen LogP contribution in [0.4, 0.5) is 0 Å². The van der Waals surface area contributed by atoms with Crippen LogP contribution in [0.3, 0.4) is 0 Å². The molecule has 0 N–H and O–H groups in total. The molecule has 0 amide bonds. The molecule has 0 bridgehead atoms. The fourth-order valence-corrected chi connectivity index (χ4v) is 2.38. The van der Waals surface area contributed by atoms with E-state index in [9.17, 15) is 0 Å². The summed E-state index contributed by atoms with van der Waals surface area (Å²) in [7, 11) is 0. The summed E-state index contributed by atoms with van der Waals surface area (Å²) >= 11 is 0. The summed E-state index contributed by atoms with van der Waals surface area (Å²) in [5, 5.41) is 0. The molecule has 2 aromatic rings. The van der Waals surface area contributed by atoms with Gasteiger partial charge in [-0.15, -0.1) is 0 Å². The van der Waals surface area contributed by atoms with Gasteiger partial charge in [0.15, 0.2) is 0 Å². The van der Waals surface area contributed by atoms with Crippen molar-refractivity contribution in [1.29, 1.82) is 0 Å². The lowest BCUT2D eigenvalue weighted by Gasteiger charge is -2.13. The van der Waals surface area contributed by atoms with E-state index in [0.717, 1.165) is 0 Å². The van der Waals surface area contributed by atoms with E-state index in [1.165, 1.54) is 36.9 Å². The molecule has 1 heterocycles. The van der Waals surface area contributed by atoms with Gasteiger partial charge in [0.25, 0.3) is 0 Å². The Morgan fingerprint density at radius 1 is 1.00 bits per heavy atom. The van der Waals surface area contributed by atoms with Crippen LogP contribution in [0.25, 0.3) is 0 Å². The van der Waals surface area contributed by atoms with Crippen LogP contribution in [0, 0.1) is 0 Å². The Morgan fingerprint density at radius 2 is 1.78 bits per heavy atom. The van der Waals surface area contributed by atoms with Crippen LogP contribution in [0.5, 0.6) is 0 Å². The Bertz CT molecular complexity index is 436. The molecule has 2 rings (SSSR count). The van der Waals surface area contributed by atoms with Crippen molar-refractivity contribution in [2.24, 2.45) is 0 Å². The molecule has 18 heavy (non-hydrogen) atoms. The maximum Gasteiger partial charge on any atom is 0.0434 e. The zero-order valence-electron chi connectivity index (χ0n) is 11.0. The van der Waals surface area contributed by atoms with Crippen molar-refractivity contribution in [2.45, 2.75) is 38.5 Å². The first kappa shape index (κ1) is 12.8. The van der Waals surface area contributed by atoms with Gasteiger partial charge >= 0.3 is 0 Å². The molecule has 0 spiro atoms. The van der Waals surface area contributed by atoms with Gasteiger partial charge in [0, 0.05) is 17.8 Å². The Kier molecular flexibility index (Phi) is 4.95. The fourth-order valence-electron chi connectivity index (χ4n) is 2.38. The van der Waals surface area contributed by atoms with E-state index in [-0.39, 0.29) is 0 Å². The van der Waals surface area contributed by atoms with Gasteiger partial charge in [-0.3, -0.25) is 4.98 Å². The van der Waals surface area contributed by atoms with Crippen LogP contribution in [0.15, 0.2) is 54.7 Å². The topological polar surface area (TPSA) is 12.9 Å². The highest BCUT2D eigenvalue weighted by Crippen LogP contribution is 2.23. The zero-order valence-corrected chi connectivity index (χ0v) is 11.0. The molecule has 0 radical (unpaired) electrons. The Balaban J connectivity index is 1.85. The minimum absolute atomic E-state index is 0.606. The Labute approximate surface area is 110 Å². The fraction of sp³-hybridized carbons (Fsp3) is 0.353. The van der Waals surface area contributed by atoms with Gasteiger partial charge in [0.05, 0.1) is 0 Å². The minimum atomic E-state index is 0.606. The SMILES string of the molecule is CCC(CCCc1ccccc1)c1ccccn1. The molecule has 1 aromatic carbocycles. The van der Waals surface area contributed by atoms with Crippen molar-refractivity contribution < 1.29 is 0 Å². The summed E-state index contributed by atoms with van der Waals surface area (Å²) in [5.41, 5.74) is 2.68. The van der Waals surface area contributed by atoms with Crippen molar-refractivity contribution >= 4 is 0 Å². The number of aromatic nitrogens is 1. The smallest absolute Gasteiger partial charge is 0.0434 e. The molecule has 1 nitrogen and oxygen atoms in total. The van der Waals surface area contributed by atoms with E-state index in [2.05, 4.69) is 54.4 Å². The summed E-state index contributed by atoms with van der Waals surface area (Å²) in [4.78, 5) is 4.48. The average Bonchev–Trinajstić information content (AvgIpc) is 2.46. The summed E-state index contributed by atoms with van der Waals surface area (Å²) in [6, 6.07) is 16.9. The van der Waals surface area contributed by atoms with Gasteiger partial charge in [-0.25, -0.2) is 0 Å². The molecule has 0 fully saturated rings. The van der Waals surface area contributed by atoms with Gasteiger partial charge in [0.2, 0.25) is 0 Å². The lowest BCUT2D eigenvalue weighted by Crippen LogP contribution is -2.00. The molecule has 1 aromatic heterocycles. The zero-order chi connectivity index (χ0) is 12.6. The van der Waals surface area contributed by atoms with Gasteiger partial charge in [-0.2, -0.15) is 0 Å². The highest BCUT2D eigenvalue weighted by molar-refractivity contribution is 5.15. The summed E-state index contributed by atoms with van der Waals surface area (Å²) in [6.07, 6.45) is 6.70. The number of pyridine rings is 1. The van der Waals surface area contributed by atoms with E-state index in [1.807, 2.05) is 12.3 Å². The molecule has 0 saturated heterocycles. The highest BCUT2D eigenvalue weighted by Gasteiger charge is 2.09. The lowest BCUT2D eigenvalue weighted by molar-refractivity contribution is 0.563. The molecule has 94 valence electrons. The van der Waals surface area contributed by atoms with Gasteiger partial charge < -0.3 is 0 Å². The van der Waals surface area contributed by atoms with Crippen LogP contribution >= 0.6 is 0 Å². The van der Waals surface area contributed by atoms with Crippen molar-refractivity contribution in [3.63, 3.8) is 0 Å². The van der Waals surface area contributed by atoms with Crippen molar-refractivity contribution in [1.82, 2.24) is 4.98 Å². The van der Waals surface area contributed by atoms with Crippen LogP contribution in [0.2, 0.25) is 0 Å². The highest BCUT2D eigenvalue weighted by atomic mass is 14.7. The Morgan fingerprint density at radius 3 is 2.44 bits per heavy atom. The third-order valence-electron chi connectivity index (χ3n) is 3.46. The van der Waals surface area contributed by atoms with Crippen LogP contribution in [-0.4, -0.2) is 4.98 Å². The predicted octanol–water partition coefficient (Wildman–Crippen LogP) is 4.60. The first-order chi connectivity index (χ1) is 8.90. The maximum atomic E-state index is 4.48. The number of hydrogen-bond donors (Lipinski definition) is 0. The van der Waals surface area contributed by atoms with E-state index >= 15 is 0 Å². The van der Waals surface area contributed by atoms with Crippen molar-refractivity contribution in [3.8, 4) is 0 Å². The molecule has 1 unspecified atom stereocenters. The normalized spacial score (nSPS) is 12.3. The second kappa shape index (κ2) is 6.95. The molecular weight excluding hydrogens is 218 g/mol. The molecule has 0 saturated carbocycles. The molecule has 0 aliphatic carbocycles. The monoisotopic (exact) mass is 239 g/mol. The summed E-state index contributed by atoms with van der Waals surface area (Å²) < 4.78 is 0. The number of aryl methyl sites for hydroxylation is 1. The second-order valence-corrected chi connectivity index (χ2v) is 4.74. The third-order valence-corrected chi connectivity index (χ3v) is 3.46. The molecule has 0 aliphatic rings. The minimum Gasteiger partial charge on any atom is -0.261 e. The quantitative estimate of drug-likeness (QED) is 0.718. The van der Waals surface area contributed by atoms with Crippen LogP contribution in [0.1, 0.15) is 43.4 Å². The van der Waals surface area contributed by atoms with Crippen LogP contribution < -0.4 is 0 Å². The first-order valence-corrected chi connectivity index (χ1v) is 6.85. The van der Waals surface area contributed by atoms with Gasteiger partial charge in [0.1, 0.15) is 0 Å².